The van der Waals surface area contributed by atoms with Crippen molar-refractivity contribution in [2.24, 2.45) is 28.6 Å². The lowest BCUT2D eigenvalue weighted by atomic mass is 9.86. The second-order valence-electron chi connectivity index (χ2n) is 13.7. The van der Waals surface area contributed by atoms with Crippen molar-refractivity contribution < 1.29 is 54.3 Å². The molecule has 3 amide bonds. The Hall–Kier alpha value is -3.34. The number of nitrogens with zero attached hydrogens (tertiary/aromatic N) is 1. The zero-order valence-corrected chi connectivity index (χ0v) is 26.7. The van der Waals surface area contributed by atoms with Crippen LogP contribution in [0.2, 0.25) is 0 Å². The van der Waals surface area contributed by atoms with Crippen molar-refractivity contribution in [1.29, 1.82) is 0 Å². The van der Waals surface area contributed by atoms with Gasteiger partial charge in [0.2, 0.25) is 17.7 Å². The topological polar surface area (TPSA) is 151 Å². The molecule has 0 bridgehead atoms. The predicted octanol–water partition coefficient (Wildman–Crippen LogP) is 2.26. The van der Waals surface area contributed by atoms with Crippen molar-refractivity contribution in [1.82, 2.24) is 20.3 Å². The van der Waals surface area contributed by atoms with Gasteiger partial charge in [-0.25, -0.2) is 17.2 Å². The Balaban J connectivity index is 1.59. The molecule has 3 N–H and O–H groups in total. The number of fused-ring (bicyclic) bond motifs is 1. The Bertz CT molecular complexity index is 1510. The van der Waals surface area contributed by atoms with Gasteiger partial charge < -0.3 is 20.3 Å². The maximum atomic E-state index is 14.1. The molecular formula is C29H37F5N4O7S. The van der Waals surface area contributed by atoms with E-state index in [0.29, 0.717) is 19.0 Å². The zero-order valence-electron chi connectivity index (χ0n) is 25.8. The molecule has 0 radical (unpaired) electrons. The van der Waals surface area contributed by atoms with Gasteiger partial charge in [0.25, 0.3) is 0 Å². The molecule has 1 aromatic carbocycles. The minimum Gasteiger partial charge on any atom is -0.483 e. The summed E-state index contributed by atoms with van der Waals surface area (Å²) in [6.45, 7) is 7.31. The SMILES string of the molecule is CC(C)(C)[C@H](NS(=O)(=O)C(F)(F)F)C(=O)N1C[C@H]2[C@@H]([C@H]1C(=O)N[C@H](C[C@@H]1CCNC1=O)C(=O)COc1ccc(F)cc1F)C2(C)C. The van der Waals surface area contributed by atoms with Gasteiger partial charge in [0.15, 0.2) is 17.3 Å². The number of carbonyl (C=O) groups is 4. The third-order valence-electron chi connectivity index (χ3n) is 9.10. The normalized spacial score (nSPS) is 25.3. The molecule has 2 saturated heterocycles. The molecule has 1 aromatic rings. The van der Waals surface area contributed by atoms with Gasteiger partial charge in [0.05, 0.1) is 6.04 Å². The van der Waals surface area contributed by atoms with Gasteiger partial charge in [-0.05, 0) is 47.6 Å². The molecule has 46 heavy (non-hydrogen) atoms. The van der Waals surface area contributed by atoms with Gasteiger partial charge in [0.1, 0.15) is 24.5 Å². The van der Waals surface area contributed by atoms with Crippen molar-refractivity contribution in [3.63, 3.8) is 0 Å². The van der Waals surface area contributed by atoms with Crippen LogP contribution in [0.5, 0.6) is 5.75 Å². The van der Waals surface area contributed by atoms with Crippen LogP contribution in [0, 0.1) is 40.2 Å². The number of hydrogen-bond acceptors (Lipinski definition) is 7. The van der Waals surface area contributed by atoms with E-state index in [2.05, 4.69) is 10.6 Å². The van der Waals surface area contributed by atoms with Crippen LogP contribution in [0.1, 0.15) is 47.5 Å². The first-order chi connectivity index (χ1) is 21.1. The molecule has 17 heteroatoms. The monoisotopic (exact) mass is 680 g/mol. The fourth-order valence-electron chi connectivity index (χ4n) is 6.32. The van der Waals surface area contributed by atoms with Crippen LogP contribution in [0.3, 0.4) is 0 Å². The van der Waals surface area contributed by atoms with E-state index >= 15 is 0 Å². The van der Waals surface area contributed by atoms with Gasteiger partial charge in [-0.15, -0.1) is 0 Å². The van der Waals surface area contributed by atoms with E-state index in [1.165, 1.54) is 25.5 Å². The number of Topliss-reactive ketones (excluding diaryl/α,β-unsaturated/α-hetero) is 1. The van der Waals surface area contributed by atoms with Crippen LogP contribution in [-0.2, 0) is 29.2 Å². The molecule has 3 fully saturated rings. The molecule has 4 rings (SSSR count). The number of sulfonamides is 1. The maximum Gasteiger partial charge on any atom is 0.511 e. The number of alkyl halides is 3. The van der Waals surface area contributed by atoms with Crippen molar-refractivity contribution in [3.8, 4) is 5.75 Å². The number of nitrogens with one attached hydrogen (secondary N) is 3. The second-order valence-corrected chi connectivity index (χ2v) is 15.4. The van der Waals surface area contributed by atoms with Gasteiger partial charge in [-0.2, -0.15) is 17.9 Å². The minimum atomic E-state index is -5.94. The fourth-order valence-corrected chi connectivity index (χ4v) is 7.22. The average Bonchev–Trinajstić information content (AvgIpc) is 3.26. The van der Waals surface area contributed by atoms with Crippen LogP contribution >= 0.6 is 0 Å². The van der Waals surface area contributed by atoms with E-state index in [9.17, 15) is 49.5 Å². The highest BCUT2D eigenvalue weighted by Gasteiger charge is 2.70. The molecule has 3 aliphatic rings. The van der Waals surface area contributed by atoms with E-state index in [0.717, 1.165) is 17.0 Å². The molecule has 0 unspecified atom stereocenters. The van der Waals surface area contributed by atoms with Crippen LogP contribution in [0.15, 0.2) is 18.2 Å². The largest absolute Gasteiger partial charge is 0.511 e. The maximum absolute atomic E-state index is 14.1. The molecule has 6 atom stereocenters. The lowest BCUT2D eigenvalue weighted by Crippen LogP contribution is -2.61. The summed E-state index contributed by atoms with van der Waals surface area (Å²) in [6.07, 6.45) is 0.185. The number of ketones is 1. The van der Waals surface area contributed by atoms with Crippen LogP contribution in [0.4, 0.5) is 22.0 Å². The third kappa shape index (κ3) is 7.14. The molecule has 0 aromatic heterocycles. The van der Waals surface area contributed by atoms with Crippen molar-refractivity contribution in [2.45, 2.75) is 71.1 Å². The van der Waals surface area contributed by atoms with Crippen molar-refractivity contribution >= 4 is 33.5 Å². The summed E-state index contributed by atoms with van der Waals surface area (Å²) in [4.78, 5) is 54.4. The van der Waals surface area contributed by atoms with E-state index in [4.69, 9.17) is 4.74 Å². The highest BCUT2D eigenvalue weighted by atomic mass is 32.2. The number of rotatable bonds is 11. The predicted molar refractivity (Wildman–Crippen MR) is 152 cm³/mol. The molecule has 0 spiro atoms. The lowest BCUT2D eigenvalue weighted by Gasteiger charge is -2.37. The first-order valence-corrected chi connectivity index (χ1v) is 16.1. The Morgan fingerprint density at radius 1 is 1.15 bits per heavy atom. The number of likely N-dealkylation sites (tertiary alicyclic amines) is 1. The molecule has 256 valence electrons. The van der Waals surface area contributed by atoms with Crippen molar-refractivity contribution in [3.05, 3.63) is 29.8 Å². The van der Waals surface area contributed by atoms with E-state index in [1.807, 2.05) is 13.8 Å². The Morgan fingerprint density at radius 3 is 2.35 bits per heavy atom. The number of piperidine rings is 1. The second kappa shape index (κ2) is 12.4. The first kappa shape index (κ1) is 35.5. The summed E-state index contributed by atoms with van der Waals surface area (Å²) in [5.74, 6) is -6.75. The van der Waals surface area contributed by atoms with Crippen LogP contribution in [-0.4, -0.2) is 80.2 Å². The standard InChI is InChI=1S/C29H37F5N4O7S/c1-27(2,3)23(37-46(43,44)29(32,33)34)26(42)38-12-16-21(28(16,4)5)22(38)25(41)36-18(10-14-8-9-35-24(14)40)19(39)13-45-20-7-6-15(30)11-17(20)31/h6-7,11,14,16,18,21-23,37H,8-10,12-13H2,1-5H3,(H,35,40)(H,36,41)/t14-,16-,18+,21-,22-,23+/m0/s1. The summed E-state index contributed by atoms with van der Waals surface area (Å²) >= 11 is 0. The van der Waals surface area contributed by atoms with Crippen LogP contribution in [0.25, 0.3) is 0 Å². The lowest BCUT2D eigenvalue weighted by molar-refractivity contribution is -0.144. The summed E-state index contributed by atoms with van der Waals surface area (Å²) in [7, 11) is -5.94. The fraction of sp³-hybridized carbons (Fsp3) is 0.655. The number of carbonyl (C=O) groups excluding carboxylic acids is 4. The van der Waals surface area contributed by atoms with E-state index in [-0.39, 0.29) is 24.8 Å². The molecular weight excluding hydrogens is 643 g/mol. The molecule has 1 aliphatic carbocycles. The van der Waals surface area contributed by atoms with E-state index in [1.54, 1.807) is 0 Å². The summed E-state index contributed by atoms with van der Waals surface area (Å²) in [5.41, 5.74) is -7.50. The third-order valence-corrected chi connectivity index (χ3v) is 10.3. The number of benzene rings is 1. The summed E-state index contributed by atoms with van der Waals surface area (Å²) < 4.78 is 98.0. The molecule has 1 saturated carbocycles. The van der Waals surface area contributed by atoms with Gasteiger partial charge >= 0.3 is 15.5 Å². The quantitative estimate of drug-likeness (QED) is 0.304. The minimum absolute atomic E-state index is 0.0501. The summed E-state index contributed by atoms with van der Waals surface area (Å²) in [6, 6.07) is -2.08. The van der Waals surface area contributed by atoms with Gasteiger partial charge in [-0.1, -0.05) is 34.6 Å². The average molecular weight is 681 g/mol. The zero-order chi connectivity index (χ0) is 34.6. The smallest absolute Gasteiger partial charge is 0.483 e. The molecule has 2 aliphatic heterocycles. The summed E-state index contributed by atoms with van der Waals surface area (Å²) in [5, 5.41) is 5.21. The Kier molecular flexibility index (Phi) is 9.54. The van der Waals surface area contributed by atoms with E-state index < -0.39 is 97.9 Å². The van der Waals surface area contributed by atoms with Gasteiger partial charge in [-0.3, -0.25) is 19.2 Å². The number of amides is 3. The highest BCUT2D eigenvalue weighted by Crippen LogP contribution is 2.65. The molecule has 11 nitrogen and oxygen atoms in total. The number of ether oxygens (including phenoxy) is 1. The first-order valence-electron chi connectivity index (χ1n) is 14.6. The number of halogens is 5. The Morgan fingerprint density at radius 2 is 1.80 bits per heavy atom. The van der Waals surface area contributed by atoms with Crippen molar-refractivity contribution in [2.75, 3.05) is 19.7 Å². The van der Waals surface area contributed by atoms with Gasteiger partial charge in [0, 0.05) is 25.1 Å². The highest BCUT2D eigenvalue weighted by molar-refractivity contribution is 7.90. The van der Waals surface area contributed by atoms with Crippen LogP contribution < -0.4 is 20.1 Å². The Labute approximate surface area is 263 Å². The molecule has 2 heterocycles. The number of hydrogen-bond donors (Lipinski definition) is 3.